The summed E-state index contributed by atoms with van der Waals surface area (Å²) in [5.74, 6) is -0.635. The molecular formula is C17H16ClFN2O3S. The van der Waals surface area contributed by atoms with E-state index >= 15 is 0 Å². The zero-order valence-corrected chi connectivity index (χ0v) is 14.7. The minimum absolute atomic E-state index is 0.109. The first-order valence-electron chi connectivity index (χ1n) is 7.66. The number of carbonyl (C=O) groups excluding carboxylic acids is 1. The van der Waals surface area contributed by atoms with Crippen LogP contribution in [-0.2, 0) is 14.8 Å². The molecule has 0 bridgehead atoms. The standard InChI is InChI=1S/C17H16ClFN2O3S/c18-13-1-7-16(8-2-13)25(23,24)20-10-12-9-17(22)21(11-12)15-5-3-14(19)4-6-15/h1-8,12,20H,9-11H2. The fourth-order valence-corrected chi connectivity index (χ4v) is 3.96. The number of hydrogen-bond donors (Lipinski definition) is 1. The van der Waals surface area contributed by atoms with E-state index in [9.17, 15) is 17.6 Å². The molecule has 132 valence electrons. The molecule has 0 saturated carbocycles. The molecule has 1 atom stereocenters. The van der Waals surface area contributed by atoms with Crippen LogP contribution in [-0.4, -0.2) is 27.4 Å². The Morgan fingerprint density at radius 2 is 1.76 bits per heavy atom. The summed E-state index contributed by atoms with van der Waals surface area (Å²) in [6.07, 6.45) is 0.237. The molecule has 1 aliphatic heterocycles. The Morgan fingerprint density at radius 1 is 1.12 bits per heavy atom. The van der Waals surface area contributed by atoms with Gasteiger partial charge < -0.3 is 4.90 Å². The number of nitrogens with zero attached hydrogens (tertiary/aromatic N) is 1. The summed E-state index contributed by atoms with van der Waals surface area (Å²) in [5.41, 5.74) is 0.606. The molecule has 1 aliphatic rings. The van der Waals surface area contributed by atoms with Crippen molar-refractivity contribution < 1.29 is 17.6 Å². The predicted octanol–water partition coefficient (Wildman–Crippen LogP) is 2.81. The van der Waals surface area contributed by atoms with Gasteiger partial charge in [0.2, 0.25) is 15.9 Å². The molecular weight excluding hydrogens is 367 g/mol. The molecule has 2 aromatic carbocycles. The van der Waals surface area contributed by atoms with Gasteiger partial charge in [0.15, 0.2) is 0 Å². The van der Waals surface area contributed by atoms with Crippen LogP contribution < -0.4 is 9.62 Å². The second-order valence-electron chi connectivity index (χ2n) is 5.86. The minimum Gasteiger partial charge on any atom is -0.312 e. The molecule has 1 saturated heterocycles. The Balaban J connectivity index is 1.63. The summed E-state index contributed by atoms with van der Waals surface area (Å²) in [4.78, 5) is 13.8. The average Bonchev–Trinajstić information content (AvgIpc) is 2.95. The van der Waals surface area contributed by atoms with Crippen molar-refractivity contribution >= 4 is 33.2 Å². The first-order chi connectivity index (χ1) is 11.8. The quantitative estimate of drug-likeness (QED) is 0.864. The van der Waals surface area contributed by atoms with Gasteiger partial charge in [-0.1, -0.05) is 11.6 Å². The first kappa shape index (κ1) is 17.8. The third-order valence-electron chi connectivity index (χ3n) is 4.03. The van der Waals surface area contributed by atoms with E-state index in [1.807, 2.05) is 0 Å². The molecule has 1 N–H and O–H groups in total. The number of benzene rings is 2. The van der Waals surface area contributed by atoms with Gasteiger partial charge in [-0.05, 0) is 54.4 Å². The van der Waals surface area contributed by atoms with E-state index in [0.717, 1.165) is 0 Å². The van der Waals surface area contributed by atoms with Crippen molar-refractivity contribution in [2.75, 3.05) is 18.0 Å². The summed E-state index contributed by atoms with van der Waals surface area (Å²) in [5, 5.41) is 0.454. The van der Waals surface area contributed by atoms with Crippen LogP contribution in [0.4, 0.5) is 10.1 Å². The smallest absolute Gasteiger partial charge is 0.240 e. The molecule has 1 heterocycles. The fraction of sp³-hybridized carbons (Fsp3) is 0.235. The summed E-state index contributed by atoms with van der Waals surface area (Å²) in [6, 6.07) is 11.5. The maximum atomic E-state index is 13.0. The number of rotatable bonds is 5. The van der Waals surface area contributed by atoms with Gasteiger partial charge in [0.05, 0.1) is 4.90 Å². The number of nitrogens with one attached hydrogen (secondary N) is 1. The Hall–Kier alpha value is -1.96. The molecule has 25 heavy (non-hydrogen) atoms. The van der Waals surface area contributed by atoms with Crippen molar-refractivity contribution in [2.24, 2.45) is 5.92 Å². The van der Waals surface area contributed by atoms with Crippen LogP contribution in [0.3, 0.4) is 0 Å². The van der Waals surface area contributed by atoms with Crippen LogP contribution >= 0.6 is 11.6 Å². The molecule has 8 heteroatoms. The number of halogens is 2. The lowest BCUT2D eigenvalue weighted by Gasteiger charge is -2.17. The number of hydrogen-bond acceptors (Lipinski definition) is 3. The lowest BCUT2D eigenvalue weighted by molar-refractivity contribution is -0.117. The van der Waals surface area contributed by atoms with E-state index in [4.69, 9.17) is 11.6 Å². The third-order valence-corrected chi connectivity index (χ3v) is 5.72. The van der Waals surface area contributed by atoms with Crippen molar-refractivity contribution in [1.29, 1.82) is 0 Å². The molecule has 1 fully saturated rings. The van der Waals surface area contributed by atoms with Crippen molar-refractivity contribution in [3.8, 4) is 0 Å². The van der Waals surface area contributed by atoms with Gasteiger partial charge in [-0.3, -0.25) is 4.79 Å². The molecule has 3 rings (SSSR count). The van der Waals surface area contributed by atoms with Crippen molar-refractivity contribution in [3.63, 3.8) is 0 Å². The Labute approximate surface area is 150 Å². The zero-order chi connectivity index (χ0) is 18.0. The highest BCUT2D eigenvalue weighted by Gasteiger charge is 2.31. The highest BCUT2D eigenvalue weighted by Crippen LogP contribution is 2.25. The SMILES string of the molecule is O=C1CC(CNS(=O)(=O)c2ccc(Cl)cc2)CN1c1ccc(F)cc1. The lowest BCUT2D eigenvalue weighted by atomic mass is 10.1. The molecule has 5 nitrogen and oxygen atoms in total. The Morgan fingerprint density at radius 3 is 2.40 bits per heavy atom. The van der Waals surface area contributed by atoms with Crippen molar-refractivity contribution in [1.82, 2.24) is 4.72 Å². The first-order valence-corrected chi connectivity index (χ1v) is 9.52. The monoisotopic (exact) mass is 382 g/mol. The summed E-state index contributed by atoms with van der Waals surface area (Å²) >= 11 is 5.76. The second-order valence-corrected chi connectivity index (χ2v) is 8.06. The molecule has 1 amide bonds. The van der Waals surface area contributed by atoms with E-state index in [2.05, 4.69) is 4.72 Å². The summed E-state index contributed by atoms with van der Waals surface area (Å²) in [7, 11) is -3.66. The topological polar surface area (TPSA) is 66.5 Å². The lowest BCUT2D eigenvalue weighted by Crippen LogP contribution is -2.31. The number of anilines is 1. The van der Waals surface area contributed by atoms with Gasteiger partial charge in [0.1, 0.15) is 5.82 Å². The van der Waals surface area contributed by atoms with Crippen molar-refractivity contribution in [3.05, 3.63) is 59.4 Å². The van der Waals surface area contributed by atoms with E-state index in [1.54, 1.807) is 4.90 Å². The minimum atomic E-state index is -3.66. The van der Waals surface area contributed by atoms with Gasteiger partial charge in [0.25, 0.3) is 0 Å². The number of carbonyl (C=O) groups is 1. The van der Waals surface area contributed by atoms with Crippen molar-refractivity contribution in [2.45, 2.75) is 11.3 Å². The van der Waals surface area contributed by atoms with Gasteiger partial charge >= 0.3 is 0 Å². The zero-order valence-electron chi connectivity index (χ0n) is 13.2. The predicted molar refractivity (Wildman–Crippen MR) is 93.5 cm³/mol. The molecule has 2 aromatic rings. The molecule has 0 aromatic heterocycles. The van der Waals surface area contributed by atoms with E-state index in [0.29, 0.717) is 17.3 Å². The van der Waals surface area contributed by atoms with Crippen LogP contribution in [0, 0.1) is 11.7 Å². The van der Waals surface area contributed by atoms with Crippen LogP contribution in [0.5, 0.6) is 0 Å². The van der Waals surface area contributed by atoms with Crippen LogP contribution in [0.15, 0.2) is 53.4 Å². The van der Waals surface area contributed by atoms with Gasteiger partial charge in [-0.2, -0.15) is 0 Å². The maximum absolute atomic E-state index is 13.0. The highest BCUT2D eigenvalue weighted by atomic mass is 35.5. The Kier molecular flexibility index (Phi) is 5.08. The largest absolute Gasteiger partial charge is 0.312 e. The van der Waals surface area contributed by atoms with Crippen LogP contribution in [0.25, 0.3) is 0 Å². The molecule has 0 radical (unpaired) electrons. The van der Waals surface area contributed by atoms with Gasteiger partial charge in [-0.25, -0.2) is 17.5 Å². The second kappa shape index (κ2) is 7.11. The van der Waals surface area contributed by atoms with E-state index < -0.39 is 10.0 Å². The maximum Gasteiger partial charge on any atom is 0.240 e. The number of amides is 1. The normalized spacial score (nSPS) is 17.9. The van der Waals surface area contributed by atoms with Crippen LogP contribution in [0.2, 0.25) is 5.02 Å². The molecule has 0 aliphatic carbocycles. The average molecular weight is 383 g/mol. The van der Waals surface area contributed by atoms with E-state index in [1.165, 1.54) is 48.5 Å². The summed E-state index contributed by atoms with van der Waals surface area (Å²) < 4.78 is 40.1. The van der Waals surface area contributed by atoms with E-state index in [-0.39, 0.29) is 35.5 Å². The fourth-order valence-electron chi connectivity index (χ4n) is 2.71. The third kappa shape index (κ3) is 4.18. The highest BCUT2D eigenvalue weighted by molar-refractivity contribution is 7.89. The molecule has 1 unspecified atom stereocenters. The number of sulfonamides is 1. The van der Waals surface area contributed by atoms with Gasteiger partial charge in [0, 0.05) is 30.2 Å². The summed E-state index contributed by atoms with van der Waals surface area (Å²) in [6.45, 7) is 0.530. The van der Waals surface area contributed by atoms with Crippen LogP contribution in [0.1, 0.15) is 6.42 Å². The Bertz CT molecular complexity index is 870. The van der Waals surface area contributed by atoms with Gasteiger partial charge in [-0.15, -0.1) is 0 Å². The molecule has 0 spiro atoms.